The van der Waals surface area contributed by atoms with Crippen molar-refractivity contribution in [3.05, 3.63) is 85.0 Å². The van der Waals surface area contributed by atoms with Gasteiger partial charge in [0.2, 0.25) is 0 Å². The molecule has 0 fully saturated rings. The van der Waals surface area contributed by atoms with E-state index in [-0.39, 0.29) is 18.2 Å². The minimum Gasteiger partial charge on any atom is -0.358 e. The van der Waals surface area contributed by atoms with Gasteiger partial charge in [-0.05, 0) is 23.1 Å². The second-order valence-electron chi connectivity index (χ2n) is 6.10. The van der Waals surface area contributed by atoms with Crippen molar-refractivity contribution in [2.45, 2.75) is 19.5 Å². The molecule has 0 aliphatic rings. The third kappa shape index (κ3) is 4.46. The van der Waals surface area contributed by atoms with Gasteiger partial charge in [-0.25, -0.2) is 4.39 Å². The van der Waals surface area contributed by atoms with E-state index in [1.165, 1.54) is 34.3 Å². The zero-order valence-electron chi connectivity index (χ0n) is 14.8. The van der Waals surface area contributed by atoms with Gasteiger partial charge >= 0.3 is 5.82 Å². The second-order valence-corrected chi connectivity index (χ2v) is 7.65. The molecule has 0 N–H and O–H groups in total. The molecule has 1 aromatic carbocycles. The summed E-state index contributed by atoms with van der Waals surface area (Å²) >= 11 is 7.44. The molecular weight excluding hydrogens is 421 g/mol. The van der Waals surface area contributed by atoms with Gasteiger partial charge in [0.25, 0.3) is 0 Å². The van der Waals surface area contributed by atoms with Gasteiger partial charge in [0.1, 0.15) is 22.4 Å². The van der Waals surface area contributed by atoms with E-state index in [9.17, 15) is 14.5 Å². The maximum atomic E-state index is 13.9. The lowest BCUT2D eigenvalue weighted by Crippen LogP contribution is -2.04. The molecular formula is C17H13ClFN7O2S. The molecule has 0 atom stereocenters. The Balaban J connectivity index is 1.41. The van der Waals surface area contributed by atoms with Gasteiger partial charge < -0.3 is 10.1 Å². The van der Waals surface area contributed by atoms with Crippen molar-refractivity contribution in [3.8, 4) is 0 Å². The Morgan fingerprint density at radius 2 is 1.83 bits per heavy atom. The third-order valence-electron chi connectivity index (χ3n) is 4.03. The van der Waals surface area contributed by atoms with Gasteiger partial charge in [0.05, 0.1) is 29.6 Å². The normalized spacial score (nSPS) is 11.1. The molecule has 29 heavy (non-hydrogen) atoms. The highest BCUT2D eigenvalue weighted by Crippen LogP contribution is 2.20. The Hall–Kier alpha value is -3.18. The van der Waals surface area contributed by atoms with Crippen LogP contribution in [-0.2, 0) is 19.5 Å². The minimum atomic E-state index is -0.549. The molecule has 0 aliphatic carbocycles. The molecule has 4 rings (SSSR count). The Labute approximate surface area is 172 Å². The van der Waals surface area contributed by atoms with E-state index in [4.69, 9.17) is 11.6 Å². The predicted molar refractivity (Wildman–Crippen MR) is 103 cm³/mol. The number of nitrogens with zero attached hydrogens (tertiary/aromatic N) is 7. The zero-order chi connectivity index (χ0) is 20.4. The van der Waals surface area contributed by atoms with Crippen molar-refractivity contribution in [1.29, 1.82) is 0 Å². The first kappa shape index (κ1) is 19.2. The monoisotopic (exact) mass is 433 g/mol. The highest BCUT2D eigenvalue weighted by molar-refractivity contribution is 7.11. The van der Waals surface area contributed by atoms with Gasteiger partial charge in [-0.2, -0.15) is 9.78 Å². The number of rotatable bonds is 7. The average Bonchev–Trinajstić information content (AvgIpc) is 3.41. The largest absolute Gasteiger partial charge is 0.389 e. The lowest BCUT2D eigenvalue weighted by molar-refractivity contribution is -0.389. The summed E-state index contributed by atoms with van der Waals surface area (Å²) in [7, 11) is 0. The number of benzene rings is 1. The van der Waals surface area contributed by atoms with Crippen molar-refractivity contribution < 1.29 is 9.31 Å². The summed E-state index contributed by atoms with van der Waals surface area (Å²) in [4.78, 5) is 10.1. The lowest BCUT2D eigenvalue weighted by Gasteiger charge is -2.05. The number of hydrogen-bond acceptors (Lipinski definition) is 7. The highest BCUT2D eigenvalue weighted by atomic mass is 35.5. The van der Waals surface area contributed by atoms with Crippen LogP contribution in [0, 0.1) is 15.9 Å². The van der Waals surface area contributed by atoms with Gasteiger partial charge in [-0.3, -0.25) is 4.68 Å². The fourth-order valence-electron chi connectivity index (χ4n) is 2.69. The maximum absolute atomic E-state index is 13.9. The van der Waals surface area contributed by atoms with Crippen LogP contribution in [0.4, 0.5) is 10.2 Å². The Kier molecular flexibility index (Phi) is 5.32. The van der Waals surface area contributed by atoms with Crippen LogP contribution in [0.5, 0.6) is 0 Å². The first-order valence-electron chi connectivity index (χ1n) is 8.42. The van der Waals surface area contributed by atoms with Gasteiger partial charge in [0.15, 0.2) is 0 Å². The first-order valence-corrected chi connectivity index (χ1v) is 9.61. The van der Waals surface area contributed by atoms with E-state index in [1.807, 2.05) is 6.07 Å². The Morgan fingerprint density at radius 3 is 2.59 bits per heavy atom. The fraction of sp³-hybridized carbons (Fsp3) is 0.176. The van der Waals surface area contributed by atoms with Crippen molar-refractivity contribution in [2.75, 3.05) is 0 Å². The van der Waals surface area contributed by atoms with E-state index in [2.05, 4.69) is 20.4 Å². The van der Waals surface area contributed by atoms with E-state index < -0.39 is 4.92 Å². The van der Waals surface area contributed by atoms with Crippen LogP contribution in [0.25, 0.3) is 0 Å². The van der Waals surface area contributed by atoms with Crippen LogP contribution >= 0.6 is 22.9 Å². The molecule has 148 valence electrons. The van der Waals surface area contributed by atoms with Gasteiger partial charge in [-0.1, -0.05) is 29.0 Å². The molecule has 4 aromatic rings. The van der Waals surface area contributed by atoms with Gasteiger partial charge in [0, 0.05) is 23.2 Å². The highest BCUT2D eigenvalue weighted by Gasteiger charge is 2.14. The van der Waals surface area contributed by atoms with Crippen LogP contribution in [0.3, 0.4) is 0 Å². The summed E-state index contributed by atoms with van der Waals surface area (Å²) in [5, 5.41) is 29.0. The van der Waals surface area contributed by atoms with Crippen molar-refractivity contribution in [3.63, 3.8) is 0 Å². The summed E-state index contributed by atoms with van der Waals surface area (Å²) in [6.07, 6.45) is 3.74. The Bertz CT molecular complexity index is 1150. The first-order chi connectivity index (χ1) is 14.0. The predicted octanol–water partition coefficient (Wildman–Crippen LogP) is 3.32. The molecule has 0 saturated carbocycles. The average molecular weight is 434 g/mol. The molecule has 0 spiro atoms. The summed E-state index contributed by atoms with van der Waals surface area (Å²) in [6, 6.07) is 7.72. The molecule has 0 bridgehead atoms. The molecule has 12 heteroatoms. The third-order valence-corrected chi connectivity index (χ3v) is 5.29. The summed E-state index contributed by atoms with van der Waals surface area (Å²) in [5.41, 5.74) is 1.14. The molecule has 0 aliphatic heterocycles. The summed E-state index contributed by atoms with van der Waals surface area (Å²) < 4.78 is 17.0. The SMILES string of the molecule is O=[N+]([O-])c1ccn(Cc2nnc(Cc3ccn(Cc4c(F)cccc4Cl)n3)s2)n1. The second kappa shape index (κ2) is 8.05. The maximum Gasteiger partial charge on any atom is 0.389 e. The fourth-order valence-corrected chi connectivity index (χ4v) is 3.76. The number of hydrogen-bond donors (Lipinski definition) is 0. The van der Waals surface area contributed by atoms with Crippen LogP contribution < -0.4 is 0 Å². The number of aromatic nitrogens is 6. The molecule has 9 nitrogen and oxygen atoms in total. The molecule has 3 aromatic heterocycles. The number of nitro groups is 1. The molecule has 0 amide bonds. The van der Waals surface area contributed by atoms with E-state index in [1.54, 1.807) is 23.0 Å². The van der Waals surface area contributed by atoms with Crippen LogP contribution in [0.1, 0.15) is 21.3 Å². The summed E-state index contributed by atoms with van der Waals surface area (Å²) in [6.45, 7) is 0.524. The standard InChI is InChI=1S/C17H13ClFN7O2S/c18-13-2-1-3-14(19)12(13)9-24-6-4-11(22-24)8-16-20-21-17(29-16)10-25-7-5-15(23-25)26(27)28/h1-7H,8-10H2. The van der Waals surface area contributed by atoms with E-state index >= 15 is 0 Å². The van der Waals surface area contributed by atoms with Crippen LogP contribution in [0.15, 0.2) is 42.7 Å². The van der Waals surface area contributed by atoms with Gasteiger partial charge in [-0.15, -0.1) is 10.2 Å². The van der Waals surface area contributed by atoms with Crippen LogP contribution in [0.2, 0.25) is 5.02 Å². The Morgan fingerprint density at radius 1 is 1.07 bits per heavy atom. The van der Waals surface area contributed by atoms with Crippen molar-refractivity contribution in [2.24, 2.45) is 0 Å². The molecule has 0 saturated heterocycles. The molecule has 0 unspecified atom stereocenters. The van der Waals surface area contributed by atoms with Crippen molar-refractivity contribution >= 4 is 28.8 Å². The topological polar surface area (TPSA) is 105 Å². The van der Waals surface area contributed by atoms with Crippen LogP contribution in [-0.4, -0.2) is 34.7 Å². The minimum absolute atomic E-state index is 0.213. The van der Waals surface area contributed by atoms with E-state index in [0.29, 0.717) is 28.6 Å². The zero-order valence-corrected chi connectivity index (χ0v) is 16.3. The van der Waals surface area contributed by atoms with Crippen molar-refractivity contribution in [1.82, 2.24) is 29.8 Å². The van der Waals surface area contributed by atoms with E-state index in [0.717, 1.165) is 10.7 Å². The smallest absolute Gasteiger partial charge is 0.358 e. The number of halogens is 2. The summed E-state index contributed by atoms with van der Waals surface area (Å²) in [5.74, 6) is -0.586. The quantitative estimate of drug-likeness (QED) is 0.327. The molecule has 3 heterocycles. The lowest BCUT2D eigenvalue weighted by atomic mass is 10.2. The molecule has 0 radical (unpaired) electrons.